The van der Waals surface area contributed by atoms with Gasteiger partial charge in [-0.05, 0) is 30.5 Å². The number of hydrogen-bond donors (Lipinski definition) is 1. The van der Waals surface area contributed by atoms with Crippen LogP contribution in [0.1, 0.15) is 28.8 Å². The molecule has 0 spiro atoms. The van der Waals surface area contributed by atoms with Crippen molar-refractivity contribution in [3.05, 3.63) is 71.0 Å². The Morgan fingerprint density at radius 2 is 1.63 bits per heavy atom. The number of nitrogens with one attached hydrogen (secondary N) is 1. The molecule has 1 N–H and O–H groups in total. The highest BCUT2D eigenvalue weighted by atomic mass is 19.2. The smallest absolute Gasteiger partial charge is 0.256 e. The van der Waals surface area contributed by atoms with E-state index in [2.05, 4.69) is 5.32 Å². The molecule has 27 heavy (non-hydrogen) atoms. The minimum absolute atomic E-state index is 0.0926. The number of piperidine rings is 1. The number of carbonyl (C=O) groups excluding carboxylic acids is 2. The van der Waals surface area contributed by atoms with Gasteiger partial charge in [-0.2, -0.15) is 0 Å². The van der Waals surface area contributed by atoms with Crippen molar-refractivity contribution in [1.29, 1.82) is 0 Å². The molecule has 2 aromatic rings. The molecule has 1 fully saturated rings. The van der Waals surface area contributed by atoms with E-state index in [1.807, 2.05) is 30.3 Å². The van der Waals surface area contributed by atoms with Gasteiger partial charge in [-0.25, -0.2) is 13.2 Å². The second kappa shape index (κ2) is 8.24. The van der Waals surface area contributed by atoms with Gasteiger partial charge in [-0.1, -0.05) is 30.3 Å². The van der Waals surface area contributed by atoms with Gasteiger partial charge < -0.3 is 10.2 Å². The fourth-order valence-corrected chi connectivity index (χ4v) is 3.14. The van der Waals surface area contributed by atoms with Gasteiger partial charge in [0.25, 0.3) is 5.91 Å². The molecule has 1 aliphatic heterocycles. The van der Waals surface area contributed by atoms with Gasteiger partial charge in [0.15, 0.2) is 17.5 Å². The number of hydrogen-bond acceptors (Lipinski definition) is 2. The van der Waals surface area contributed by atoms with E-state index in [9.17, 15) is 22.8 Å². The predicted octanol–water partition coefficient (Wildman–Crippen LogP) is 3.27. The molecule has 1 aliphatic rings. The number of rotatable bonds is 4. The van der Waals surface area contributed by atoms with Crippen molar-refractivity contribution in [3.8, 4) is 0 Å². The van der Waals surface area contributed by atoms with Crippen LogP contribution in [0.4, 0.5) is 13.2 Å². The lowest BCUT2D eigenvalue weighted by molar-refractivity contribution is -0.126. The van der Waals surface area contributed by atoms with Crippen molar-refractivity contribution in [2.75, 3.05) is 13.1 Å². The maximum Gasteiger partial charge on any atom is 0.256 e. The van der Waals surface area contributed by atoms with E-state index in [4.69, 9.17) is 0 Å². The highest BCUT2D eigenvalue weighted by molar-refractivity contribution is 5.94. The van der Waals surface area contributed by atoms with Gasteiger partial charge in [0.05, 0.1) is 5.56 Å². The van der Waals surface area contributed by atoms with E-state index in [-0.39, 0.29) is 24.9 Å². The number of nitrogens with zero attached hydrogens (tertiary/aromatic N) is 1. The monoisotopic (exact) mass is 376 g/mol. The van der Waals surface area contributed by atoms with E-state index in [0.717, 1.165) is 17.7 Å². The van der Waals surface area contributed by atoms with Crippen LogP contribution in [0.3, 0.4) is 0 Å². The normalized spacial score (nSPS) is 14.9. The van der Waals surface area contributed by atoms with E-state index in [0.29, 0.717) is 19.4 Å². The Morgan fingerprint density at radius 3 is 2.30 bits per heavy atom. The SMILES string of the molecule is O=C(NCc1ccccc1)C1CCN(C(=O)c2ccc(F)c(F)c2F)CC1. The molecule has 0 atom stereocenters. The molecule has 0 bridgehead atoms. The van der Waals surface area contributed by atoms with Gasteiger partial charge in [0.1, 0.15) is 0 Å². The lowest BCUT2D eigenvalue weighted by atomic mass is 9.95. The number of amides is 2. The Labute approximate surface area is 155 Å². The first-order valence-electron chi connectivity index (χ1n) is 8.71. The second-order valence-electron chi connectivity index (χ2n) is 6.49. The van der Waals surface area contributed by atoms with Crippen LogP contribution in [0.15, 0.2) is 42.5 Å². The zero-order valence-corrected chi connectivity index (χ0v) is 14.6. The number of carbonyl (C=O) groups is 2. The molecule has 0 radical (unpaired) electrons. The van der Waals surface area contributed by atoms with Crippen LogP contribution in [-0.2, 0) is 11.3 Å². The molecule has 1 heterocycles. The molecule has 2 amide bonds. The number of likely N-dealkylation sites (tertiary alicyclic amines) is 1. The van der Waals surface area contributed by atoms with Crippen LogP contribution in [0.2, 0.25) is 0 Å². The van der Waals surface area contributed by atoms with Crippen molar-refractivity contribution in [2.24, 2.45) is 5.92 Å². The molecule has 0 aliphatic carbocycles. The van der Waals surface area contributed by atoms with Crippen molar-refractivity contribution in [3.63, 3.8) is 0 Å². The average Bonchev–Trinajstić information content (AvgIpc) is 2.71. The van der Waals surface area contributed by atoms with Gasteiger partial charge in [-0.3, -0.25) is 9.59 Å². The Hall–Kier alpha value is -2.83. The zero-order chi connectivity index (χ0) is 19.4. The zero-order valence-electron chi connectivity index (χ0n) is 14.6. The van der Waals surface area contributed by atoms with Crippen LogP contribution in [0, 0.1) is 23.4 Å². The molecule has 3 rings (SSSR count). The maximum absolute atomic E-state index is 13.8. The average molecular weight is 376 g/mol. The van der Waals surface area contributed by atoms with Crippen LogP contribution in [0.25, 0.3) is 0 Å². The molecule has 4 nitrogen and oxygen atoms in total. The summed E-state index contributed by atoms with van der Waals surface area (Å²) in [5, 5.41) is 2.87. The summed E-state index contributed by atoms with van der Waals surface area (Å²) in [7, 11) is 0. The summed E-state index contributed by atoms with van der Waals surface area (Å²) in [5.41, 5.74) is 0.494. The van der Waals surface area contributed by atoms with Crippen molar-refractivity contribution >= 4 is 11.8 Å². The highest BCUT2D eigenvalue weighted by Crippen LogP contribution is 2.22. The van der Waals surface area contributed by atoms with E-state index >= 15 is 0 Å². The Bertz CT molecular complexity index is 835. The first kappa shape index (κ1) is 18.9. The van der Waals surface area contributed by atoms with Gasteiger partial charge in [-0.15, -0.1) is 0 Å². The van der Waals surface area contributed by atoms with E-state index < -0.39 is 28.9 Å². The molecule has 142 valence electrons. The molecule has 1 saturated heterocycles. The van der Waals surface area contributed by atoms with Gasteiger partial charge >= 0.3 is 0 Å². The third-order valence-corrected chi connectivity index (χ3v) is 4.73. The summed E-state index contributed by atoms with van der Waals surface area (Å²) >= 11 is 0. The van der Waals surface area contributed by atoms with Crippen molar-refractivity contribution in [1.82, 2.24) is 10.2 Å². The standard InChI is InChI=1S/C20H19F3N2O2/c21-16-7-6-15(17(22)18(16)23)20(27)25-10-8-14(9-11-25)19(26)24-12-13-4-2-1-3-5-13/h1-7,14H,8-12H2,(H,24,26). The molecule has 0 aromatic heterocycles. The van der Waals surface area contributed by atoms with Crippen LogP contribution in [-0.4, -0.2) is 29.8 Å². The van der Waals surface area contributed by atoms with Crippen LogP contribution >= 0.6 is 0 Å². The second-order valence-corrected chi connectivity index (χ2v) is 6.49. The summed E-state index contributed by atoms with van der Waals surface area (Å²) in [4.78, 5) is 26.0. The summed E-state index contributed by atoms with van der Waals surface area (Å²) in [5.74, 6) is -5.51. The minimum Gasteiger partial charge on any atom is -0.352 e. The van der Waals surface area contributed by atoms with E-state index in [1.165, 1.54) is 4.90 Å². The Kier molecular flexibility index (Phi) is 5.78. The minimum atomic E-state index is -1.66. The Morgan fingerprint density at radius 1 is 0.963 bits per heavy atom. The summed E-state index contributed by atoms with van der Waals surface area (Å²) in [6, 6.07) is 11.2. The first-order chi connectivity index (χ1) is 13.0. The third kappa shape index (κ3) is 4.30. The lowest BCUT2D eigenvalue weighted by Gasteiger charge is -2.31. The van der Waals surface area contributed by atoms with Crippen LogP contribution in [0.5, 0.6) is 0 Å². The Balaban J connectivity index is 1.54. The fraction of sp³-hybridized carbons (Fsp3) is 0.300. The molecule has 7 heteroatoms. The van der Waals surface area contributed by atoms with Crippen molar-refractivity contribution in [2.45, 2.75) is 19.4 Å². The van der Waals surface area contributed by atoms with Crippen LogP contribution < -0.4 is 5.32 Å². The molecule has 0 unspecified atom stereocenters. The number of benzene rings is 2. The van der Waals surface area contributed by atoms with Crippen molar-refractivity contribution < 1.29 is 22.8 Å². The predicted molar refractivity (Wildman–Crippen MR) is 93.2 cm³/mol. The quantitative estimate of drug-likeness (QED) is 0.833. The third-order valence-electron chi connectivity index (χ3n) is 4.73. The van der Waals surface area contributed by atoms with Gasteiger partial charge in [0, 0.05) is 25.6 Å². The lowest BCUT2D eigenvalue weighted by Crippen LogP contribution is -2.43. The molecular weight excluding hydrogens is 357 g/mol. The fourth-order valence-electron chi connectivity index (χ4n) is 3.14. The summed E-state index contributed by atoms with van der Waals surface area (Å²) in [6.45, 7) is 0.931. The highest BCUT2D eigenvalue weighted by Gasteiger charge is 2.29. The summed E-state index contributed by atoms with van der Waals surface area (Å²) in [6.07, 6.45) is 0.856. The van der Waals surface area contributed by atoms with E-state index in [1.54, 1.807) is 0 Å². The molecular formula is C20H19F3N2O2. The number of halogens is 3. The molecule has 0 saturated carbocycles. The first-order valence-corrected chi connectivity index (χ1v) is 8.71. The summed E-state index contributed by atoms with van der Waals surface area (Å²) < 4.78 is 40.2. The molecule has 2 aromatic carbocycles. The topological polar surface area (TPSA) is 49.4 Å². The van der Waals surface area contributed by atoms with Gasteiger partial charge in [0.2, 0.25) is 5.91 Å². The largest absolute Gasteiger partial charge is 0.352 e. The maximum atomic E-state index is 13.8.